The van der Waals surface area contributed by atoms with Crippen LogP contribution < -0.4 is 14.2 Å². The normalized spacial score (nSPS) is 14.3. The molecule has 0 aliphatic heterocycles. The maximum atomic E-state index is 13.8. The summed E-state index contributed by atoms with van der Waals surface area (Å²) in [7, 11) is 4.12. The van der Waals surface area contributed by atoms with Crippen molar-refractivity contribution in [3.63, 3.8) is 0 Å². The van der Waals surface area contributed by atoms with Gasteiger partial charge in [-0.2, -0.15) is 0 Å². The summed E-state index contributed by atoms with van der Waals surface area (Å²) >= 11 is 0. The Morgan fingerprint density at radius 2 is 1.13 bits per heavy atom. The third-order valence-electron chi connectivity index (χ3n) is 6.67. The molecule has 3 N–H and O–H groups in total. The van der Waals surface area contributed by atoms with E-state index < -0.39 is 45.7 Å². The number of benzene rings is 4. The van der Waals surface area contributed by atoms with E-state index in [1.807, 2.05) is 0 Å². The Morgan fingerprint density at radius 1 is 0.615 bits per heavy atom. The van der Waals surface area contributed by atoms with E-state index in [2.05, 4.69) is 0 Å². The number of hydrogen-bond donors (Lipinski definition) is 3. The van der Waals surface area contributed by atoms with Crippen molar-refractivity contribution < 1.29 is 43.9 Å². The van der Waals surface area contributed by atoms with Gasteiger partial charge in [-0.25, -0.2) is 0 Å². The number of phenols is 3. The van der Waals surface area contributed by atoms with Gasteiger partial charge in [0.05, 0.1) is 32.5 Å². The predicted molar refractivity (Wildman–Crippen MR) is 141 cm³/mol. The van der Waals surface area contributed by atoms with Crippen LogP contribution in [0.25, 0.3) is 16.3 Å². The Labute approximate surface area is 222 Å². The highest BCUT2D eigenvalue weighted by Gasteiger charge is 2.40. The molecule has 0 bridgehead atoms. The Hall–Kier alpha value is -5.31. The number of ether oxygens (including phenoxy) is 3. The molecule has 39 heavy (non-hydrogen) atoms. The minimum absolute atomic E-state index is 0.0222. The molecular formula is C30H22O9. The molecule has 4 aromatic rings. The molecule has 0 saturated heterocycles. The summed E-state index contributed by atoms with van der Waals surface area (Å²) in [6, 6.07) is 14.9. The van der Waals surface area contributed by atoms with Crippen LogP contribution in [0.2, 0.25) is 0 Å². The average molecular weight is 526 g/mol. The lowest BCUT2D eigenvalue weighted by molar-refractivity contribution is -0.111. The summed E-state index contributed by atoms with van der Waals surface area (Å²) in [5.74, 6) is -4.32. The lowest BCUT2D eigenvalue weighted by Gasteiger charge is -2.23. The lowest BCUT2D eigenvalue weighted by Crippen LogP contribution is -2.31. The zero-order valence-electron chi connectivity index (χ0n) is 21.1. The summed E-state index contributed by atoms with van der Waals surface area (Å²) in [4.78, 5) is 40.5. The van der Waals surface area contributed by atoms with Crippen LogP contribution in [-0.2, 0) is 4.79 Å². The van der Waals surface area contributed by atoms with Crippen LogP contribution in [0, 0.1) is 0 Å². The molecule has 1 aliphatic rings. The molecule has 4 aromatic carbocycles. The van der Waals surface area contributed by atoms with Gasteiger partial charge in [-0.05, 0) is 17.7 Å². The Balaban J connectivity index is 1.99. The third kappa shape index (κ3) is 3.74. The van der Waals surface area contributed by atoms with Crippen molar-refractivity contribution >= 4 is 33.7 Å². The standard InChI is InChI=1S/C30H22O9/c1-37-19-12-14(13-20(38-2)30(19)39-3)21(22-24(31)15-8-4-6-10-17(15)26(33)28(22)35)23-25(32)16-9-5-7-11-18(16)27(34)29(23)36/h4-13,31,33,35H,1-3H3/b23-21-. The average Bonchev–Trinajstić information content (AvgIpc) is 2.97. The van der Waals surface area contributed by atoms with Crippen molar-refractivity contribution in [1.82, 2.24) is 0 Å². The van der Waals surface area contributed by atoms with E-state index in [-0.39, 0.29) is 50.3 Å². The van der Waals surface area contributed by atoms with E-state index in [1.54, 1.807) is 18.2 Å². The topological polar surface area (TPSA) is 140 Å². The highest BCUT2D eigenvalue weighted by Crippen LogP contribution is 2.51. The fourth-order valence-electron chi connectivity index (χ4n) is 4.84. The van der Waals surface area contributed by atoms with E-state index in [1.165, 1.54) is 63.8 Å². The monoisotopic (exact) mass is 526 g/mol. The summed E-state index contributed by atoms with van der Waals surface area (Å²) < 4.78 is 16.3. The van der Waals surface area contributed by atoms with Crippen LogP contribution in [0.15, 0.2) is 66.2 Å². The second kappa shape index (κ2) is 9.53. The minimum Gasteiger partial charge on any atom is -0.507 e. The maximum absolute atomic E-state index is 13.8. The van der Waals surface area contributed by atoms with Gasteiger partial charge in [0.25, 0.3) is 0 Å². The second-order valence-electron chi connectivity index (χ2n) is 8.66. The number of fused-ring (bicyclic) bond motifs is 2. The molecule has 9 heteroatoms. The number of phenolic OH excluding ortho intramolecular Hbond substituents is 3. The van der Waals surface area contributed by atoms with Crippen LogP contribution in [0.1, 0.15) is 31.8 Å². The number of carbonyl (C=O) groups excluding carboxylic acids is 3. The Morgan fingerprint density at radius 3 is 1.67 bits per heavy atom. The number of allylic oxidation sites excluding steroid dienone is 1. The first-order valence-electron chi connectivity index (χ1n) is 11.7. The van der Waals surface area contributed by atoms with Gasteiger partial charge in [-0.1, -0.05) is 48.5 Å². The van der Waals surface area contributed by atoms with Crippen LogP contribution in [0.3, 0.4) is 0 Å². The van der Waals surface area contributed by atoms with Gasteiger partial charge >= 0.3 is 0 Å². The largest absolute Gasteiger partial charge is 0.507 e. The number of ketones is 3. The van der Waals surface area contributed by atoms with E-state index in [0.29, 0.717) is 0 Å². The highest BCUT2D eigenvalue weighted by molar-refractivity contribution is 6.61. The van der Waals surface area contributed by atoms with Crippen LogP contribution in [0.4, 0.5) is 0 Å². The van der Waals surface area contributed by atoms with E-state index in [4.69, 9.17) is 14.2 Å². The summed E-state index contributed by atoms with van der Waals surface area (Å²) in [5.41, 5.74) is -1.35. The number of carbonyl (C=O) groups is 3. The van der Waals surface area contributed by atoms with Crippen LogP contribution in [0.5, 0.6) is 34.5 Å². The predicted octanol–water partition coefficient (Wildman–Crippen LogP) is 4.43. The number of hydrogen-bond acceptors (Lipinski definition) is 9. The minimum atomic E-state index is -1.14. The molecule has 0 spiro atoms. The van der Waals surface area contributed by atoms with Crippen LogP contribution in [-0.4, -0.2) is 54.0 Å². The fourth-order valence-corrected chi connectivity index (χ4v) is 4.84. The Kier molecular flexibility index (Phi) is 6.19. The summed E-state index contributed by atoms with van der Waals surface area (Å²) in [5, 5.41) is 33.8. The molecule has 0 atom stereocenters. The molecule has 9 nitrogen and oxygen atoms in total. The molecule has 0 radical (unpaired) electrons. The zero-order valence-corrected chi connectivity index (χ0v) is 21.1. The lowest BCUT2D eigenvalue weighted by atomic mass is 9.78. The molecule has 5 rings (SSSR count). The van der Waals surface area contributed by atoms with Crippen molar-refractivity contribution in [2.24, 2.45) is 0 Å². The third-order valence-corrected chi connectivity index (χ3v) is 6.67. The number of aromatic hydroxyl groups is 3. The highest BCUT2D eigenvalue weighted by atomic mass is 16.5. The molecule has 0 amide bonds. The van der Waals surface area contributed by atoms with E-state index in [0.717, 1.165) is 0 Å². The number of rotatable bonds is 5. The van der Waals surface area contributed by atoms with Crippen molar-refractivity contribution in [3.05, 3.63) is 88.5 Å². The number of Topliss-reactive ketones (excluding diaryl/α,β-unsaturated/α-hetero) is 3. The van der Waals surface area contributed by atoms with Crippen molar-refractivity contribution in [2.75, 3.05) is 21.3 Å². The first kappa shape index (κ1) is 25.3. The molecule has 196 valence electrons. The van der Waals surface area contributed by atoms with Gasteiger partial charge in [-0.3, -0.25) is 14.4 Å². The first-order chi connectivity index (χ1) is 18.7. The maximum Gasteiger partial charge on any atom is 0.238 e. The summed E-state index contributed by atoms with van der Waals surface area (Å²) in [6.45, 7) is 0. The van der Waals surface area contributed by atoms with Gasteiger partial charge < -0.3 is 29.5 Å². The molecule has 0 aromatic heterocycles. The molecule has 0 fully saturated rings. The fraction of sp³-hybridized carbons (Fsp3) is 0.100. The van der Waals surface area contributed by atoms with Crippen LogP contribution >= 0.6 is 0 Å². The zero-order chi connectivity index (χ0) is 28.0. The summed E-state index contributed by atoms with van der Waals surface area (Å²) in [6.07, 6.45) is 0. The molecule has 1 aliphatic carbocycles. The molecular weight excluding hydrogens is 504 g/mol. The first-order valence-corrected chi connectivity index (χ1v) is 11.7. The molecule has 0 heterocycles. The van der Waals surface area contributed by atoms with Gasteiger partial charge in [0.1, 0.15) is 5.75 Å². The van der Waals surface area contributed by atoms with E-state index >= 15 is 0 Å². The SMILES string of the molecule is COc1cc(/C(=C2/C(=O)C(=O)c3ccccc3C2=O)c2c(O)c(O)c3ccccc3c2O)cc(OC)c1OC. The van der Waals surface area contributed by atoms with E-state index in [9.17, 15) is 29.7 Å². The van der Waals surface area contributed by atoms with Crippen molar-refractivity contribution in [2.45, 2.75) is 0 Å². The number of methoxy groups -OCH3 is 3. The molecule has 0 unspecified atom stereocenters. The van der Waals surface area contributed by atoms with Gasteiger partial charge in [0.15, 0.2) is 28.8 Å². The Bertz CT molecular complexity index is 1720. The van der Waals surface area contributed by atoms with Gasteiger partial charge in [0, 0.05) is 27.5 Å². The smallest absolute Gasteiger partial charge is 0.238 e. The van der Waals surface area contributed by atoms with Gasteiger partial charge in [-0.15, -0.1) is 0 Å². The van der Waals surface area contributed by atoms with Gasteiger partial charge in [0.2, 0.25) is 17.3 Å². The molecule has 0 saturated carbocycles. The second-order valence-corrected chi connectivity index (χ2v) is 8.66. The van der Waals surface area contributed by atoms with Crippen molar-refractivity contribution in [1.29, 1.82) is 0 Å². The quantitative estimate of drug-likeness (QED) is 0.113. The van der Waals surface area contributed by atoms with Crippen molar-refractivity contribution in [3.8, 4) is 34.5 Å².